The topological polar surface area (TPSA) is 92.3 Å². The highest BCUT2D eigenvalue weighted by atomic mass is 32.2. The lowest BCUT2D eigenvalue weighted by Gasteiger charge is -2.10. The van der Waals surface area contributed by atoms with Crippen LogP contribution in [0.3, 0.4) is 0 Å². The maximum Gasteiger partial charge on any atom is 0.248 e. The first-order valence-electron chi connectivity index (χ1n) is 7.01. The molecule has 0 saturated carbocycles. The van der Waals surface area contributed by atoms with Crippen molar-refractivity contribution >= 4 is 33.4 Å². The maximum absolute atomic E-state index is 13.4. The van der Waals surface area contributed by atoms with Crippen molar-refractivity contribution in [1.29, 1.82) is 0 Å². The molecule has 1 aliphatic heterocycles. The number of nitrogens with one attached hydrogen (secondary N) is 2. The molecule has 1 atom stereocenters. The normalized spacial score (nSPS) is 19.3. The number of hydrogen-bond donors (Lipinski definition) is 2. The minimum Gasteiger partial charge on any atom is -0.273 e. The van der Waals surface area contributed by atoms with Crippen LogP contribution in [-0.4, -0.2) is 37.5 Å². The quantitative estimate of drug-likeness (QED) is 0.601. The van der Waals surface area contributed by atoms with Crippen molar-refractivity contribution in [1.82, 2.24) is 10.9 Å². The fraction of sp³-hybridized carbons (Fsp3) is 0.429. The lowest BCUT2D eigenvalue weighted by atomic mass is 10.1. The Bertz CT molecular complexity index is 694. The Morgan fingerprint density at radius 2 is 1.91 bits per heavy atom. The SMILES string of the molecule is O=C(CSc1ccccc1F)NNC(=O)C[C@@H]1CCS(=O)(=O)C1. The second-order valence-electron chi connectivity index (χ2n) is 5.29. The van der Waals surface area contributed by atoms with Gasteiger partial charge < -0.3 is 0 Å². The summed E-state index contributed by atoms with van der Waals surface area (Å²) in [5.41, 5.74) is 4.48. The van der Waals surface area contributed by atoms with E-state index in [9.17, 15) is 22.4 Å². The molecule has 0 aliphatic carbocycles. The fourth-order valence-electron chi connectivity index (χ4n) is 2.23. The van der Waals surface area contributed by atoms with E-state index in [2.05, 4.69) is 10.9 Å². The third-order valence-electron chi connectivity index (χ3n) is 3.34. The Hall–Kier alpha value is -1.61. The van der Waals surface area contributed by atoms with E-state index < -0.39 is 27.5 Å². The minimum absolute atomic E-state index is 0.0114. The second-order valence-corrected chi connectivity index (χ2v) is 8.53. The van der Waals surface area contributed by atoms with E-state index >= 15 is 0 Å². The molecule has 2 amide bonds. The summed E-state index contributed by atoms with van der Waals surface area (Å²) in [6.45, 7) is 0. The van der Waals surface area contributed by atoms with Gasteiger partial charge in [0.1, 0.15) is 5.82 Å². The molecule has 2 rings (SSSR count). The molecule has 1 saturated heterocycles. The summed E-state index contributed by atoms with van der Waals surface area (Å²) in [7, 11) is -3.02. The zero-order valence-electron chi connectivity index (χ0n) is 12.2. The molecular weight excluding hydrogens is 343 g/mol. The summed E-state index contributed by atoms with van der Waals surface area (Å²) in [4.78, 5) is 23.6. The van der Waals surface area contributed by atoms with Crippen molar-refractivity contribution in [3.8, 4) is 0 Å². The highest BCUT2D eigenvalue weighted by molar-refractivity contribution is 8.00. The largest absolute Gasteiger partial charge is 0.273 e. The molecule has 0 spiro atoms. The number of carbonyl (C=O) groups excluding carboxylic acids is 2. The number of hydrazine groups is 1. The van der Waals surface area contributed by atoms with E-state index in [1.54, 1.807) is 18.2 Å². The molecule has 0 unspecified atom stereocenters. The molecule has 1 aromatic carbocycles. The Morgan fingerprint density at radius 1 is 1.22 bits per heavy atom. The van der Waals surface area contributed by atoms with Gasteiger partial charge >= 0.3 is 0 Å². The first-order valence-corrected chi connectivity index (χ1v) is 9.82. The van der Waals surface area contributed by atoms with Gasteiger partial charge in [-0.3, -0.25) is 20.4 Å². The van der Waals surface area contributed by atoms with Gasteiger partial charge in [-0.15, -0.1) is 11.8 Å². The average Bonchev–Trinajstić information content (AvgIpc) is 2.83. The number of sulfone groups is 1. The molecule has 0 bridgehead atoms. The average molecular weight is 360 g/mol. The number of amides is 2. The Labute approximate surface area is 138 Å². The van der Waals surface area contributed by atoms with Crippen LogP contribution >= 0.6 is 11.8 Å². The minimum atomic E-state index is -3.02. The maximum atomic E-state index is 13.4. The summed E-state index contributed by atoms with van der Waals surface area (Å²) in [5.74, 6) is -1.43. The molecular formula is C14H17FN2O4S2. The summed E-state index contributed by atoms with van der Waals surface area (Å²) in [5, 5.41) is 0. The van der Waals surface area contributed by atoms with Gasteiger partial charge in [0.25, 0.3) is 0 Å². The van der Waals surface area contributed by atoms with E-state index in [4.69, 9.17) is 0 Å². The lowest BCUT2D eigenvalue weighted by molar-refractivity contribution is -0.128. The fourth-order valence-corrected chi connectivity index (χ4v) is 4.83. The zero-order valence-corrected chi connectivity index (χ0v) is 13.9. The molecule has 1 aliphatic rings. The Balaban J connectivity index is 1.68. The van der Waals surface area contributed by atoms with E-state index in [-0.39, 0.29) is 29.6 Å². The molecule has 9 heteroatoms. The van der Waals surface area contributed by atoms with Gasteiger partial charge in [-0.2, -0.15) is 0 Å². The molecule has 23 heavy (non-hydrogen) atoms. The van der Waals surface area contributed by atoms with Crippen LogP contribution in [-0.2, 0) is 19.4 Å². The van der Waals surface area contributed by atoms with Crippen LogP contribution in [0.1, 0.15) is 12.8 Å². The van der Waals surface area contributed by atoms with E-state index in [0.29, 0.717) is 11.3 Å². The molecule has 1 fully saturated rings. The molecule has 6 nitrogen and oxygen atoms in total. The molecule has 1 aromatic rings. The van der Waals surface area contributed by atoms with Crippen LogP contribution in [0.5, 0.6) is 0 Å². The Morgan fingerprint density at radius 3 is 2.57 bits per heavy atom. The summed E-state index contributed by atoms with van der Waals surface area (Å²) in [6.07, 6.45) is 0.521. The van der Waals surface area contributed by atoms with Crippen LogP contribution in [0.2, 0.25) is 0 Å². The third kappa shape index (κ3) is 5.83. The summed E-state index contributed by atoms with van der Waals surface area (Å²) < 4.78 is 36.0. The highest BCUT2D eigenvalue weighted by Crippen LogP contribution is 2.21. The van der Waals surface area contributed by atoms with Gasteiger partial charge in [-0.05, 0) is 24.5 Å². The summed E-state index contributed by atoms with van der Waals surface area (Å²) in [6, 6.07) is 6.09. The van der Waals surface area contributed by atoms with Crippen molar-refractivity contribution < 1.29 is 22.4 Å². The monoisotopic (exact) mass is 360 g/mol. The molecule has 126 valence electrons. The number of halogens is 1. The molecule has 2 N–H and O–H groups in total. The summed E-state index contributed by atoms with van der Waals surface area (Å²) >= 11 is 1.02. The predicted molar refractivity (Wildman–Crippen MR) is 84.8 cm³/mol. The van der Waals surface area contributed by atoms with Gasteiger partial charge in [-0.1, -0.05) is 12.1 Å². The molecule has 0 aromatic heterocycles. The highest BCUT2D eigenvalue weighted by Gasteiger charge is 2.29. The van der Waals surface area contributed by atoms with Gasteiger partial charge in [0.2, 0.25) is 11.8 Å². The van der Waals surface area contributed by atoms with E-state index in [1.807, 2.05) is 0 Å². The van der Waals surface area contributed by atoms with Crippen molar-refractivity contribution in [3.63, 3.8) is 0 Å². The second kappa shape index (κ2) is 7.78. The van der Waals surface area contributed by atoms with Crippen molar-refractivity contribution in [3.05, 3.63) is 30.1 Å². The van der Waals surface area contributed by atoms with Gasteiger partial charge in [0.15, 0.2) is 9.84 Å². The number of carbonyl (C=O) groups is 2. The lowest BCUT2D eigenvalue weighted by Crippen LogP contribution is -2.43. The van der Waals surface area contributed by atoms with Crippen molar-refractivity contribution in [2.24, 2.45) is 5.92 Å². The standard InChI is InChI=1S/C14H17FN2O4S2/c15-11-3-1-2-4-12(11)22-8-14(19)17-16-13(18)7-10-5-6-23(20,21)9-10/h1-4,10H,5-9H2,(H,16,18)(H,17,19)/t10-/m0/s1. The Kier molecular flexibility index (Phi) is 6.00. The number of rotatable bonds is 5. The molecule has 1 heterocycles. The van der Waals surface area contributed by atoms with Crippen molar-refractivity contribution in [2.75, 3.05) is 17.3 Å². The first-order chi connectivity index (χ1) is 10.9. The van der Waals surface area contributed by atoms with Gasteiger partial charge in [0, 0.05) is 11.3 Å². The van der Waals surface area contributed by atoms with Gasteiger partial charge in [-0.25, -0.2) is 12.8 Å². The van der Waals surface area contributed by atoms with Crippen LogP contribution in [0.25, 0.3) is 0 Å². The predicted octanol–water partition coefficient (Wildman–Crippen LogP) is 0.890. The number of benzene rings is 1. The van der Waals surface area contributed by atoms with Crippen molar-refractivity contribution in [2.45, 2.75) is 17.7 Å². The van der Waals surface area contributed by atoms with Crippen LogP contribution in [0.15, 0.2) is 29.2 Å². The van der Waals surface area contributed by atoms with Crippen LogP contribution in [0.4, 0.5) is 4.39 Å². The van der Waals surface area contributed by atoms with E-state index in [0.717, 1.165) is 11.8 Å². The van der Waals surface area contributed by atoms with Crippen LogP contribution in [0, 0.1) is 11.7 Å². The third-order valence-corrected chi connectivity index (χ3v) is 6.22. The zero-order chi connectivity index (χ0) is 16.9. The molecule has 0 radical (unpaired) electrons. The first kappa shape index (κ1) is 17.7. The van der Waals surface area contributed by atoms with E-state index in [1.165, 1.54) is 6.07 Å². The smallest absolute Gasteiger partial charge is 0.248 e. The van der Waals surface area contributed by atoms with Crippen LogP contribution < -0.4 is 10.9 Å². The van der Waals surface area contributed by atoms with Gasteiger partial charge in [0.05, 0.1) is 17.3 Å². The number of thioether (sulfide) groups is 1. The number of hydrogen-bond acceptors (Lipinski definition) is 5.